The van der Waals surface area contributed by atoms with Gasteiger partial charge in [0, 0.05) is 26.3 Å². The minimum absolute atomic E-state index is 0. The van der Waals surface area contributed by atoms with E-state index in [1.54, 1.807) is 0 Å². The van der Waals surface area contributed by atoms with E-state index in [-0.39, 0.29) is 36.0 Å². The topological polar surface area (TPSA) is 75.1 Å². The molecule has 1 aromatic rings. The number of nitrogens with zero attached hydrogens (tertiary/aromatic N) is 1. The van der Waals surface area contributed by atoms with Crippen molar-refractivity contribution >= 4 is 29.9 Å². The highest BCUT2D eigenvalue weighted by Crippen LogP contribution is 2.38. The smallest absolute Gasteiger partial charge is 0.191 e. The molecule has 0 atom stereocenters. The summed E-state index contributed by atoms with van der Waals surface area (Å²) in [6, 6.07) is 8.40. The first kappa shape index (κ1) is 28.1. The molecule has 1 saturated carbocycles. The van der Waals surface area contributed by atoms with Crippen LogP contribution in [0.5, 0.6) is 0 Å². The zero-order valence-electron chi connectivity index (χ0n) is 19.3. The van der Waals surface area contributed by atoms with Gasteiger partial charge in [0.05, 0.1) is 26.4 Å². The number of nitrogens with one attached hydrogen (secondary N) is 2. The maximum atomic E-state index is 9.54. The van der Waals surface area contributed by atoms with Gasteiger partial charge in [-0.15, -0.1) is 24.0 Å². The maximum absolute atomic E-state index is 9.54. The number of rotatable bonds is 13. The lowest BCUT2D eigenvalue weighted by molar-refractivity contribution is 0.0453. The number of aliphatic imine (C=N–C) groups is 1. The molecule has 0 aromatic heterocycles. The second-order valence-electron chi connectivity index (χ2n) is 8.15. The second-order valence-corrected chi connectivity index (χ2v) is 8.15. The summed E-state index contributed by atoms with van der Waals surface area (Å²) in [5, 5.41) is 16.4. The average Bonchev–Trinajstić information content (AvgIpc) is 2.77. The number of aliphatic hydroxyl groups is 1. The molecule has 2 rings (SSSR count). The van der Waals surface area contributed by atoms with Crippen molar-refractivity contribution < 1.29 is 14.6 Å². The summed E-state index contributed by atoms with van der Waals surface area (Å²) in [6.45, 7) is 9.20. The fourth-order valence-electron chi connectivity index (χ4n) is 4.11. The van der Waals surface area contributed by atoms with Crippen LogP contribution in [0.1, 0.15) is 63.5 Å². The van der Waals surface area contributed by atoms with Crippen molar-refractivity contribution in [1.29, 1.82) is 0 Å². The Morgan fingerprint density at radius 2 is 1.81 bits per heavy atom. The van der Waals surface area contributed by atoms with E-state index < -0.39 is 0 Å². The predicted molar refractivity (Wildman–Crippen MR) is 138 cm³/mol. The van der Waals surface area contributed by atoms with Gasteiger partial charge in [-0.05, 0) is 49.7 Å². The zero-order chi connectivity index (χ0) is 21.5. The van der Waals surface area contributed by atoms with Crippen LogP contribution in [0.4, 0.5) is 0 Å². The molecule has 0 unspecified atom stereocenters. The third kappa shape index (κ3) is 11.0. The molecule has 0 bridgehead atoms. The summed E-state index contributed by atoms with van der Waals surface area (Å²) in [4.78, 5) is 4.79. The van der Waals surface area contributed by atoms with Crippen LogP contribution < -0.4 is 10.6 Å². The van der Waals surface area contributed by atoms with Crippen LogP contribution in [0, 0.1) is 5.41 Å². The van der Waals surface area contributed by atoms with Gasteiger partial charge in [-0.1, -0.05) is 43.5 Å². The summed E-state index contributed by atoms with van der Waals surface area (Å²) < 4.78 is 11.0. The van der Waals surface area contributed by atoms with Crippen LogP contribution in [0.15, 0.2) is 29.3 Å². The van der Waals surface area contributed by atoms with Crippen LogP contribution in [0.2, 0.25) is 0 Å². The number of guanidine groups is 1. The quantitative estimate of drug-likeness (QED) is 0.149. The van der Waals surface area contributed by atoms with Gasteiger partial charge in [0.15, 0.2) is 5.96 Å². The standard InChI is InChI=1S/C24H41N3O3.HI/c1-3-25-23(27-20-24(13-14-28)11-6-5-7-12-24)26-18-21-9-8-10-22(17-21)19-30-16-15-29-4-2;/h8-10,17,28H,3-7,11-16,18-20H2,1-2H3,(H2,25,26,27);1H. The Bertz CT molecular complexity index is 616. The highest BCUT2D eigenvalue weighted by atomic mass is 127. The van der Waals surface area contributed by atoms with E-state index in [0.717, 1.165) is 37.6 Å². The molecule has 1 aliphatic carbocycles. The lowest BCUT2D eigenvalue weighted by atomic mass is 9.72. The van der Waals surface area contributed by atoms with Crippen LogP contribution in [-0.2, 0) is 22.6 Å². The van der Waals surface area contributed by atoms with Gasteiger partial charge in [-0.25, -0.2) is 4.99 Å². The lowest BCUT2D eigenvalue weighted by Gasteiger charge is -2.37. The van der Waals surface area contributed by atoms with E-state index >= 15 is 0 Å². The molecular formula is C24H42IN3O3. The van der Waals surface area contributed by atoms with E-state index in [1.165, 1.54) is 37.7 Å². The molecule has 1 fully saturated rings. The monoisotopic (exact) mass is 547 g/mol. The molecule has 0 spiro atoms. The Morgan fingerprint density at radius 1 is 1.06 bits per heavy atom. The summed E-state index contributed by atoms with van der Waals surface area (Å²) in [5.74, 6) is 0.846. The van der Waals surface area contributed by atoms with Crippen molar-refractivity contribution in [2.75, 3.05) is 39.5 Å². The first-order valence-electron chi connectivity index (χ1n) is 11.6. The molecule has 0 aliphatic heterocycles. The number of benzene rings is 1. The largest absolute Gasteiger partial charge is 0.396 e. The summed E-state index contributed by atoms with van der Waals surface area (Å²) in [5.41, 5.74) is 2.52. The summed E-state index contributed by atoms with van der Waals surface area (Å²) in [7, 11) is 0. The number of ether oxygens (including phenoxy) is 2. The Kier molecular flexibility index (Phi) is 15.2. The van der Waals surface area contributed by atoms with Crippen molar-refractivity contribution in [3.8, 4) is 0 Å². The minimum atomic E-state index is 0. The Morgan fingerprint density at radius 3 is 2.52 bits per heavy atom. The van der Waals surface area contributed by atoms with Crippen LogP contribution in [-0.4, -0.2) is 50.6 Å². The van der Waals surface area contributed by atoms with Gasteiger partial charge in [0.1, 0.15) is 0 Å². The molecule has 3 N–H and O–H groups in total. The molecule has 0 heterocycles. The average molecular weight is 548 g/mol. The van der Waals surface area contributed by atoms with Crippen LogP contribution in [0.25, 0.3) is 0 Å². The third-order valence-electron chi connectivity index (χ3n) is 5.79. The van der Waals surface area contributed by atoms with E-state index in [2.05, 4.69) is 41.8 Å². The molecule has 6 nitrogen and oxygen atoms in total. The molecule has 7 heteroatoms. The molecule has 0 saturated heterocycles. The number of halogens is 1. The van der Waals surface area contributed by atoms with Crippen molar-refractivity contribution in [2.45, 2.75) is 65.5 Å². The Balaban J connectivity index is 0.00000480. The van der Waals surface area contributed by atoms with E-state index in [4.69, 9.17) is 14.5 Å². The van der Waals surface area contributed by atoms with E-state index in [0.29, 0.717) is 26.4 Å². The molecule has 31 heavy (non-hydrogen) atoms. The van der Waals surface area contributed by atoms with Gasteiger partial charge >= 0.3 is 0 Å². The lowest BCUT2D eigenvalue weighted by Crippen LogP contribution is -2.44. The third-order valence-corrected chi connectivity index (χ3v) is 5.79. The highest BCUT2D eigenvalue weighted by Gasteiger charge is 2.31. The molecule has 178 valence electrons. The van der Waals surface area contributed by atoms with E-state index in [9.17, 15) is 5.11 Å². The molecular weight excluding hydrogens is 505 g/mol. The maximum Gasteiger partial charge on any atom is 0.191 e. The number of hydrogen-bond acceptors (Lipinski definition) is 4. The van der Waals surface area contributed by atoms with Gasteiger partial charge in [-0.2, -0.15) is 0 Å². The first-order valence-corrected chi connectivity index (χ1v) is 11.6. The van der Waals surface area contributed by atoms with Crippen LogP contribution >= 0.6 is 24.0 Å². The van der Waals surface area contributed by atoms with Crippen molar-refractivity contribution in [2.24, 2.45) is 10.4 Å². The van der Waals surface area contributed by atoms with Gasteiger partial charge in [0.2, 0.25) is 0 Å². The molecule has 0 amide bonds. The Labute approximate surface area is 205 Å². The molecule has 1 aliphatic rings. The van der Waals surface area contributed by atoms with Gasteiger partial charge < -0.3 is 25.2 Å². The predicted octanol–water partition coefficient (Wildman–Crippen LogP) is 4.25. The fourth-order valence-corrected chi connectivity index (χ4v) is 4.11. The summed E-state index contributed by atoms with van der Waals surface area (Å²) in [6.07, 6.45) is 7.07. The SMILES string of the molecule is CCNC(=NCc1cccc(COCCOCC)c1)NCC1(CCO)CCCCC1.I. The van der Waals surface area contributed by atoms with Crippen molar-refractivity contribution in [3.63, 3.8) is 0 Å². The Hall–Kier alpha value is -0.900. The normalized spacial score (nSPS) is 15.9. The zero-order valence-corrected chi connectivity index (χ0v) is 21.7. The minimum Gasteiger partial charge on any atom is -0.396 e. The van der Waals surface area contributed by atoms with Gasteiger partial charge in [0.25, 0.3) is 0 Å². The summed E-state index contributed by atoms with van der Waals surface area (Å²) >= 11 is 0. The number of hydrogen-bond donors (Lipinski definition) is 3. The fraction of sp³-hybridized carbons (Fsp3) is 0.708. The highest BCUT2D eigenvalue weighted by molar-refractivity contribution is 14.0. The number of aliphatic hydroxyl groups excluding tert-OH is 1. The van der Waals surface area contributed by atoms with Gasteiger partial charge in [-0.3, -0.25) is 0 Å². The molecule has 1 aromatic carbocycles. The second kappa shape index (κ2) is 16.7. The van der Waals surface area contributed by atoms with Crippen molar-refractivity contribution in [1.82, 2.24) is 10.6 Å². The molecule has 0 radical (unpaired) electrons. The van der Waals surface area contributed by atoms with E-state index in [1.807, 2.05) is 6.92 Å². The van der Waals surface area contributed by atoms with Crippen molar-refractivity contribution in [3.05, 3.63) is 35.4 Å². The first-order chi connectivity index (χ1) is 14.7. The van der Waals surface area contributed by atoms with Crippen LogP contribution in [0.3, 0.4) is 0 Å².